The van der Waals surface area contributed by atoms with Crippen molar-refractivity contribution in [1.29, 1.82) is 0 Å². The monoisotopic (exact) mass is 332 g/mol. The van der Waals surface area contributed by atoms with Crippen molar-refractivity contribution >= 4 is 39.0 Å². The third-order valence-electron chi connectivity index (χ3n) is 3.70. The van der Waals surface area contributed by atoms with Gasteiger partial charge in [-0.25, -0.2) is 0 Å². The maximum Gasteiger partial charge on any atom is 0.302 e. The number of rotatable bonds is 3. The van der Waals surface area contributed by atoms with Gasteiger partial charge < -0.3 is 9.90 Å². The fraction of sp³-hybridized carbons (Fsp3) is 0.188. The summed E-state index contributed by atoms with van der Waals surface area (Å²) in [6, 6.07) is 8.00. The number of aromatic hydroxyl groups is 1. The molecule has 1 heterocycles. The molecule has 0 radical (unpaired) electrons. The fourth-order valence-electron chi connectivity index (χ4n) is 2.66. The van der Waals surface area contributed by atoms with E-state index in [4.69, 9.17) is 0 Å². The molecule has 1 aliphatic heterocycles. The summed E-state index contributed by atoms with van der Waals surface area (Å²) in [4.78, 5) is 10.9. The topological polar surface area (TPSA) is 86.7 Å². The number of hydrogen-bond acceptors (Lipinski definition) is 4. The minimum absolute atomic E-state index is 0.0422. The smallest absolute Gasteiger partial charge is 0.302 e. The van der Waals surface area contributed by atoms with Gasteiger partial charge in [-0.1, -0.05) is 24.3 Å². The molecule has 23 heavy (non-hydrogen) atoms. The highest BCUT2D eigenvalue weighted by Crippen LogP contribution is 2.35. The summed E-state index contributed by atoms with van der Waals surface area (Å²) >= 11 is 0. The van der Waals surface area contributed by atoms with E-state index in [9.17, 15) is 18.3 Å². The summed E-state index contributed by atoms with van der Waals surface area (Å²) in [5.41, 5.74) is 1.14. The van der Waals surface area contributed by atoms with E-state index in [-0.39, 0.29) is 18.0 Å². The average molecular weight is 332 g/mol. The second-order valence-corrected chi connectivity index (χ2v) is 6.97. The Bertz CT molecular complexity index is 906. The minimum atomic E-state index is -3.83. The quantitative estimate of drug-likeness (QED) is 0.839. The first-order valence-corrected chi connectivity index (χ1v) is 8.53. The second-order valence-electron chi connectivity index (χ2n) is 5.34. The lowest BCUT2D eigenvalue weighted by atomic mass is 10.1. The molecule has 1 aliphatic rings. The summed E-state index contributed by atoms with van der Waals surface area (Å²) in [5.74, 6) is -0.145. The van der Waals surface area contributed by atoms with Crippen LogP contribution in [0.1, 0.15) is 12.5 Å². The van der Waals surface area contributed by atoms with E-state index in [1.54, 1.807) is 6.07 Å². The number of aldehydes is 1. The maximum absolute atomic E-state index is 12.1. The molecule has 0 amide bonds. The van der Waals surface area contributed by atoms with Gasteiger partial charge in [0.25, 0.3) is 0 Å². The average Bonchev–Trinajstić information content (AvgIpc) is 2.82. The molecule has 0 spiro atoms. The predicted molar refractivity (Wildman–Crippen MR) is 89.6 cm³/mol. The van der Waals surface area contributed by atoms with Crippen molar-refractivity contribution in [1.82, 2.24) is 4.72 Å². The standard InChI is InChI=1S/C16H16N2O4S/c1-2-3-11-4-5-12-8-16(20)15(7-13(12)6-11)18-9-14(10-19)17-23(18,21)22/h2-8,10,14,17,20H,9H2,1H3/b3-2+. The number of phenols is 1. The SMILES string of the molecule is C/C=C/c1ccc2cc(O)c(N3CC(C=O)NS3(=O)=O)cc2c1. The van der Waals surface area contributed by atoms with E-state index in [1.807, 2.05) is 37.3 Å². The third kappa shape index (κ3) is 2.80. The van der Waals surface area contributed by atoms with Gasteiger partial charge >= 0.3 is 10.2 Å². The first kappa shape index (κ1) is 15.5. The molecular formula is C16H16N2O4S. The highest BCUT2D eigenvalue weighted by molar-refractivity contribution is 7.91. The highest BCUT2D eigenvalue weighted by Gasteiger charge is 2.36. The normalized spacial score (nSPS) is 20.4. The summed E-state index contributed by atoms with van der Waals surface area (Å²) in [5, 5.41) is 11.8. The van der Waals surface area contributed by atoms with Crippen LogP contribution in [0.2, 0.25) is 0 Å². The Kier molecular flexibility index (Phi) is 3.83. The minimum Gasteiger partial charge on any atom is -0.506 e. The number of nitrogens with one attached hydrogen (secondary N) is 1. The number of carbonyl (C=O) groups is 1. The molecular weight excluding hydrogens is 316 g/mol. The Hall–Kier alpha value is -2.38. The molecule has 0 bridgehead atoms. The van der Waals surface area contributed by atoms with Crippen LogP contribution in [0.25, 0.3) is 16.8 Å². The van der Waals surface area contributed by atoms with Crippen LogP contribution in [-0.2, 0) is 15.0 Å². The molecule has 0 saturated carbocycles. The second kappa shape index (κ2) is 5.68. The Morgan fingerprint density at radius 2 is 2.04 bits per heavy atom. The molecule has 7 heteroatoms. The number of allylic oxidation sites excluding steroid dienone is 1. The zero-order valence-electron chi connectivity index (χ0n) is 12.4. The summed E-state index contributed by atoms with van der Waals surface area (Å²) in [6.45, 7) is 1.87. The first-order valence-electron chi connectivity index (χ1n) is 7.09. The van der Waals surface area contributed by atoms with E-state index in [2.05, 4.69) is 4.72 Å². The number of phenolic OH excluding ortho intramolecular Hbond substituents is 1. The summed E-state index contributed by atoms with van der Waals surface area (Å²) < 4.78 is 27.5. The van der Waals surface area contributed by atoms with Gasteiger partial charge in [0, 0.05) is 0 Å². The molecule has 1 fully saturated rings. The molecule has 2 aromatic rings. The first-order chi connectivity index (χ1) is 10.9. The van der Waals surface area contributed by atoms with Crippen LogP contribution in [0.3, 0.4) is 0 Å². The lowest BCUT2D eigenvalue weighted by Crippen LogP contribution is -2.30. The van der Waals surface area contributed by atoms with E-state index in [1.165, 1.54) is 6.07 Å². The molecule has 120 valence electrons. The van der Waals surface area contributed by atoms with Crippen molar-refractivity contribution in [2.45, 2.75) is 13.0 Å². The highest BCUT2D eigenvalue weighted by atomic mass is 32.2. The van der Waals surface area contributed by atoms with Crippen LogP contribution in [-0.4, -0.2) is 32.4 Å². The zero-order valence-corrected chi connectivity index (χ0v) is 13.2. The largest absolute Gasteiger partial charge is 0.506 e. The van der Waals surface area contributed by atoms with Gasteiger partial charge in [0.05, 0.1) is 18.3 Å². The van der Waals surface area contributed by atoms with Crippen LogP contribution in [0.5, 0.6) is 5.75 Å². The fourth-order valence-corrected chi connectivity index (χ4v) is 4.06. The lowest BCUT2D eigenvalue weighted by molar-refractivity contribution is -0.108. The molecule has 1 saturated heterocycles. The number of hydrogen-bond donors (Lipinski definition) is 2. The van der Waals surface area contributed by atoms with E-state index in [0.29, 0.717) is 6.29 Å². The molecule has 1 unspecified atom stereocenters. The Morgan fingerprint density at radius 1 is 1.26 bits per heavy atom. The molecule has 6 nitrogen and oxygen atoms in total. The number of benzene rings is 2. The number of fused-ring (bicyclic) bond motifs is 1. The zero-order chi connectivity index (χ0) is 16.6. The van der Waals surface area contributed by atoms with Crippen LogP contribution in [0, 0.1) is 0 Å². The van der Waals surface area contributed by atoms with Gasteiger partial charge in [-0.3, -0.25) is 4.31 Å². The van der Waals surface area contributed by atoms with Crippen LogP contribution >= 0.6 is 0 Å². The van der Waals surface area contributed by atoms with Gasteiger partial charge in [-0.2, -0.15) is 13.1 Å². The Morgan fingerprint density at radius 3 is 2.70 bits per heavy atom. The van der Waals surface area contributed by atoms with Gasteiger partial charge in [-0.15, -0.1) is 0 Å². The third-order valence-corrected chi connectivity index (χ3v) is 5.23. The van der Waals surface area contributed by atoms with Crippen molar-refractivity contribution in [2.24, 2.45) is 0 Å². The predicted octanol–water partition coefficient (Wildman–Crippen LogP) is 1.80. The Balaban J connectivity index is 2.13. The van der Waals surface area contributed by atoms with E-state index in [0.717, 1.165) is 20.6 Å². The van der Waals surface area contributed by atoms with Crippen LogP contribution in [0.4, 0.5) is 5.69 Å². The lowest BCUT2D eigenvalue weighted by Gasteiger charge is -2.18. The van der Waals surface area contributed by atoms with Crippen LogP contribution < -0.4 is 9.03 Å². The summed E-state index contributed by atoms with van der Waals surface area (Å²) in [7, 11) is -3.83. The molecule has 2 N–H and O–H groups in total. The van der Waals surface area contributed by atoms with Gasteiger partial charge in [-0.05, 0) is 41.5 Å². The molecule has 0 aromatic heterocycles. The van der Waals surface area contributed by atoms with Crippen molar-refractivity contribution in [3.8, 4) is 5.75 Å². The molecule has 2 aromatic carbocycles. The maximum atomic E-state index is 12.1. The van der Waals surface area contributed by atoms with Crippen LogP contribution in [0.15, 0.2) is 36.4 Å². The van der Waals surface area contributed by atoms with Crippen molar-refractivity contribution in [2.75, 3.05) is 10.8 Å². The van der Waals surface area contributed by atoms with Crippen molar-refractivity contribution < 1.29 is 18.3 Å². The number of nitrogens with zero attached hydrogens (tertiary/aromatic N) is 1. The van der Waals surface area contributed by atoms with Crippen molar-refractivity contribution in [3.63, 3.8) is 0 Å². The number of carbonyl (C=O) groups excluding carboxylic acids is 1. The van der Waals surface area contributed by atoms with Gasteiger partial charge in [0.1, 0.15) is 12.0 Å². The summed E-state index contributed by atoms with van der Waals surface area (Å²) in [6.07, 6.45) is 4.38. The molecule has 1 atom stereocenters. The number of anilines is 1. The molecule has 0 aliphatic carbocycles. The Labute approximate surface area is 134 Å². The van der Waals surface area contributed by atoms with Crippen molar-refractivity contribution in [3.05, 3.63) is 42.0 Å². The van der Waals surface area contributed by atoms with Gasteiger partial charge in [0.2, 0.25) is 0 Å². The van der Waals surface area contributed by atoms with E-state index >= 15 is 0 Å². The van der Waals surface area contributed by atoms with E-state index < -0.39 is 16.3 Å². The molecule has 3 rings (SSSR count). The van der Waals surface area contributed by atoms with Gasteiger partial charge in [0.15, 0.2) is 0 Å².